The average molecular weight is 232 g/mol. The summed E-state index contributed by atoms with van der Waals surface area (Å²) >= 11 is 0. The lowest BCUT2D eigenvalue weighted by Gasteiger charge is -2.20. The zero-order valence-corrected chi connectivity index (χ0v) is 11.1. The molecule has 0 spiro atoms. The number of hydrogen-bond acceptors (Lipinski definition) is 4. The highest BCUT2D eigenvalue weighted by Gasteiger charge is 2.00. The van der Waals surface area contributed by atoms with Crippen molar-refractivity contribution >= 4 is 0 Å². The molecule has 0 unspecified atom stereocenters. The molecule has 98 valence electrons. The Labute approximate surface area is 100 Å². The Morgan fingerprint density at radius 2 is 1.56 bits per heavy atom. The monoisotopic (exact) mass is 232 g/mol. The van der Waals surface area contributed by atoms with Crippen molar-refractivity contribution in [2.24, 2.45) is 0 Å². The summed E-state index contributed by atoms with van der Waals surface area (Å²) in [4.78, 5) is 2.39. The van der Waals surface area contributed by atoms with E-state index in [-0.39, 0.29) is 0 Å². The minimum Gasteiger partial charge on any atom is -0.380 e. The SMILES string of the molecule is CCOCCNCCN(CC)CCOCC. The van der Waals surface area contributed by atoms with Gasteiger partial charge in [0.1, 0.15) is 0 Å². The van der Waals surface area contributed by atoms with E-state index in [0.717, 1.165) is 59.2 Å². The Bertz CT molecular complexity index is 134. The summed E-state index contributed by atoms with van der Waals surface area (Å²) in [6.07, 6.45) is 0. The van der Waals surface area contributed by atoms with Crippen LogP contribution >= 0.6 is 0 Å². The van der Waals surface area contributed by atoms with Crippen LogP contribution in [0.3, 0.4) is 0 Å². The Morgan fingerprint density at radius 1 is 0.875 bits per heavy atom. The van der Waals surface area contributed by atoms with E-state index in [0.29, 0.717) is 0 Å². The summed E-state index contributed by atoms with van der Waals surface area (Å²) in [5.74, 6) is 0. The molecule has 4 heteroatoms. The van der Waals surface area contributed by atoms with Crippen LogP contribution in [-0.4, -0.2) is 64.1 Å². The fourth-order valence-electron chi connectivity index (χ4n) is 1.42. The van der Waals surface area contributed by atoms with Gasteiger partial charge in [0.2, 0.25) is 0 Å². The van der Waals surface area contributed by atoms with Gasteiger partial charge in [-0.25, -0.2) is 0 Å². The summed E-state index contributed by atoms with van der Waals surface area (Å²) in [6.45, 7) is 14.6. The molecule has 0 heterocycles. The Morgan fingerprint density at radius 3 is 2.19 bits per heavy atom. The van der Waals surface area contributed by atoms with Crippen molar-refractivity contribution in [1.82, 2.24) is 10.2 Å². The highest BCUT2D eigenvalue weighted by atomic mass is 16.5. The van der Waals surface area contributed by atoms with Gasteiger partial charge in [0, 0.05) is 39.4 Å². The van der Waals surface area contributed by atoms with E-state index in [9.17, 15) is 0 Å². The molecular formula is C12H28N2O2. The van der Waals surface area contributed by atoms with Crippen LogP contribution in [0.15, 0.2) is 0 Å². The molecule has 0 rings (SSSR count). The molecule has 16 heavy (non-hydrogen) atoms. The minimum atomic E-state index is 0.803. The van der Waals surface area contributed by atoms with Crippen molar-refractivity contribution in [3.8, 4) is 0 Å². The summed E-state index contributed by atoms with van der Waals surface area (Å²) in [5, 5.41) is 3.37. The van der Waals surface area contributed by atoms with Crippen LogP contribution in [0.25, 0.3) is 0 Å². The van der Waals surface area contributed by atoms with Crippen molar-refractivity contribution in [3.05, 3.63) is 0 Å². The molecule has 0 atom stereocenters. The number of ether oxygens (including phenoxy) is 2. The predicted molar refractivity (Wildman–Crippen MR) is 68.0 cm³/mol. The van der Waals surface area contributed by atoms with Crippen molar-refractivity contribution in [2.75, 3.05) is 59.2 Å². The van der Waals surface area contributed by atoms with Crippen molar-refractivity contribution < 1.29 is 9.47 Å². The third-order valence-electron chi connectivity index (χ3n) is 2.44. The van der Waals surface area contributed by atoms with Crippen LogP contribution in [0.5, 0.6) is 0 Å². The molecular weight excluding hydrogens is 204 g/mol. The first-order valence-electron chi connectivity index (χ1n) is 6.43. The fraction of sp³-hybridized carbons (Fsp3) is 1.00. The maximum absolute atomic E-state index is 5.34. The van der Waals surface area contributed by atoms with E-state index < -0.39 is 0 Å². The molecule has 0 bridgehead atoms. The Kier molecular flexibility index (Phi) is 12.8. The van der Waals surface area contributed by atoms with Crippen LogP contribution < -0.4 is 5.32 Å². The van der Waals surface area contributed by atoms with Gasteiger partial charge < -0.3 is 19.7 Å². The molecule has 0 aliphatic rings. The standard InChI is InChI=1S/C12H28N2O2/c1-4-14(10-12-16-6-3)9-7-13-8-11-15-5-2/h13H,4-12H2,1-3H3. The van der Waals surface area contributed by atoms with Gasteiger partial charge in [-0.3, -0.25) is 0 Å². The maximum Gasteiger partial charge on any atom is 0.0593 e. The molecule has 0 fully saturated rings. The largest absolute Gasteiger partial charge is 0.380 e. The zero-order chi connectivity index (χ0) is 12.1. The van der Waals surface area contributed by atoms with Crippen molar-refractivity contribution in [3.63, 3.8) is 0 Å². The lowest BCUT2D eigenvalue weighted by molar-refractivity contribution is 0.114. The summed E-state index contributed by atoms with van der Waals surface area (Å²) in [7, 11) is 0. The van der Waals surface area contributed by atoms with E-state index in [1.54, 1.807) is 0 Å². The number of likely N-dealkylation sites (N-methyl/N-ethyl adjacent to an activating group) is 1. The Hall–Kier alpha value is -0.160. The lowest BCUT2D eigenvalue weighted by Crippen LogP contribution is -2.35. The molecule has 0 aromatic heterocycles. The van der Waals surface area contributed by atoms with Gasteiger partial charge >= 0.3 is 0 Å². The first kappa shape index (κ1) is 15.8. The Balaban J connectivity index is 3.26. The van der Waals surface area contributed by atoms with Crippen LogP contribution in [0.2, 0.25) is 0 Å². The molecule has 0 aromatic rings. The van der Waals surface area contributed by atoms with E-state index in [1.807, 2.05) is 13.8 Å². The molecule has 0 aliphatic heterocycles. The normalized spacial score (nSPS) is 11.2. The van der Waals surface area contributed by atoms with Crippen molar-refractivity contribution in [1.29, 1.82) is 0 Å². The second-order valence-corrected chi connectivity index (χ2v) is 3.58. The molecule has 0 aliphatic carbocycles. The average Bonchev–Trinajstić information content (AvgIpc) is 2.31. The van der Waals surface area contributed by atoms with Gasteiger partial charge in [-0.2, -0.15) is 0 Å². The van der Waals surface area contributed by atoms with E-state index in [4.69, 9.17) is 9.47 Å². The third kappa shape index (κ3) is 10.4. The molecule has 0 saturated carbocycles. The highest BCUT2D eigenvalue weighted by Crippen LogP contribution is 1.87. The third-order valence-corrected chi connectivity index (χ3v) is 2.44. The summed E-state index contributed by atoms with van der Waals surface area (Å²) in [5.41, 5.74) is 0. The van der Waals surface area contributed by atoms with Gasteiger partial charge in [-0.1, -0.05) is 6.92 Å². The van der Waals surface area contributed by atoms with Crippen LogP contribution in [-0.2, 0) is 9.47 Å². The van der Waals surface area contributed by atoms with Crippen LogP contribution in [0.4, 0.5) is 0 Å². The minimum absolute atomic E-state index is 0.803. The van der Waals surface area contributed by atoms with Crippen molar-refractivity contribution in [2.45, 2.75) is 20.8 Å². The molecule has 1 N–H and O–H groups in total. The molecule has 0 amide bonds. The molecule has 0 radical (unpaired) electrons. The van der Waals surface area contributed by atoms with E-state index in [2.05, 4.69) is 17.1 Å². The first-order chi connectivity index (χ1) is 7.85. The van der Waals surface area contributed by atoms with Gasteiger partial charge in [0.15, 0.2) is 0 Å². The van der Waals surface area contributed by atoms with Gasteiger partial charge in [0.05, 0.1) is 13.2 Å². The number of nitrogens with one attached hydrogen (secondary N) is 1. The number of nitrogens with zero attached hydrogens (tertiary/aromatic N) is 1. The fourth-order valence-corrected chi connectivity index (χ4v) is 1.42. The topological polar surface area (TPSA) is 33.7 Å². The molecule has 0 saturated heterocycles. The predicted octanol–water partition coefficient (Wildman–Crippen LogP) is 0.971. The molecule has 0 aromatic carbocycles. The molecule has 4 nitrogen and oxygen atoms in total. The lowest BCUT2D eigenvalue weighted by atomic mass is 10.4. The first-order valence-corrected chi connectivity index (χ1v) is 6.43. The summed E-state index contributed by atoms with van der Waals surface area (Å²) < 4.78 is 10.6. The van der Waals surface area contributed by atoms with Crippen LogP contribution in [0, 0.1) is 0 Å². The second kappa shape index (κ2) is 12.9. The van der Waals surface area contributed by atoms with E-state index in [1.165, 1.54) is 0 Å². The quantitative estimate of drug-likeness (QED) is 0.508. The van der Waals surface area contributed by atoms with Gasteiger partial charge in [0.25, 0.3) is 0 Å². The van der Waals surface area contributed by atoms with Crippen LogP contribution in [0.1, 0.15) is 20.8 Å². The highest BCUT2D eigenvalue weighted by molar-refractivity contribution is 4.57. The maximum atomic E-state index is 5.34. The van der Waals surface area contributed by atoms with Gasteiger partial charge in [-0.15, -0.1) is 0 Å². The van der Waals surface area contributed by atoms with Gasteiger partial charge in [-0.05, 0) is 20.4 Å². The number of rotatable bonds is 12. The second-order valence-electron chi connectivity index (χ2n) is 3.58. The van der Waals surface area contributed by atoms with E-state index >= 15 is 0 Å². The number of hydrogen-bond donors (Lipinski definition) is 1. The summed E-state index contributed by atoms with van der Waals surface area (Å²) in [6, 6.07) is 0. The smallest absolute Gasteiger partial charge is 0.0593 e. The zero-order valence-electron chi connectivity index (χ0n) is 11.1.